The molecule has 0 aromatic heterocycles. The quantitative estimate of drug-likeness (QED) is 0.675. The van der Waals surface area contributed by atoms with E-state index >= 15 is 0 Å². The van der Waals surface area contributed by atoms with Gasteiger partial charge in [-0.1, -0.05) is 6.92 Å². The van der Waals surface area contributed by atoms with E-state index in [4.69, 9.17) is 10.5 Å². The number of benzene rings is 1. The second-order valence-electron chi connectivity index (χ2n) is 4.45. The third kappa shape index (κ3) is 4.15. The fourth-order valence-corrected chi connectivity index (χ4v) is 1.64. The number of ether oxygens (including phenoxy) is 1. The molecule has 1 unspecified atom stereocenters. The Morgan fingerprint density at radius 3 is 2.70 bits per heavy atom. The number of carbonyl (C=O) groups excluding carboxylic acids is 2. The van der Waals surface area contributed by atoms with Crippen LogP contribution in [-0.4, -0.2) is 31.5 Å². The molecule has 1 aromatic rings. The fraction of sp³-hybridized carbons (Fsp3) is 0.429. The van der Waals surface area contributed by atoms with Gasteiger partial charge in [-0.2, -0.15) is 0 Å². The molecular formula is C14H21N3O3. The molecule has 6 nitrogen and oxygen atoms in total. The number of hydrogen-bond donors (Lipinski definition) is 3. The number of anilines is 1. The summed E-state index contributed by atoms with van der Waals surface area (Å²) in [4.78, 5) is 23.8. The molecule has 0 heterocycles. The molecule has 0 fully saturated rings. The third-order valence-corrected chi connectivity index (χ3v) is 2.76. The number of nitrogens with two attached hydrogens (primary N) is 1. The van der Waals surface area contributed by atoms with Crippen molar-refractivity contribution in [2.45, 2.75) is 26.3 Å². The number of carbonyl (C=O) groups is 2. The van der Waals surface area contributed by atoms with E-state index < -0.39 is 6.04 Å². The van der Waals surface area contributed by atoms with Crippen LogP contribution >= 0.6 is 0 Å². The van der Waals surface area contributed by atoms with Crippen LogP contribution in [0.25, 0.3) is 0 Å². The first-order valence-electron chi connectivity index (χ1n) is 6.51. The maximum Gasteiger partial charge on any atom is 0.255 e. The molecule has 20 heavy (non-hydrogen) atoms. The van der Waals surface area contributed by atoms with Gasteiger partial charge in [-0.05, 0) is 25.5 Å². The van der Waals surface area contributed by atoms with Crippen LogP contribution in [-0.2, 0) is 4.79 Å². The smallest absolute Gasteiger partial charge is 0.255 e. The number of nitrogens with one attached hydrogen (secondary N) is 2. The zero-order chi connectivity index (χ0) is 15.1. The first-order valence-corrected chi connectivity index (χ1v) is 6.51. The van der Waals surface area contributed by atoms with Crippen molar-refractivity contribution in [3.63, 3.8) is 0 Å². The van der Waals surface area contributed by atoms with Gasteiger partial charge >= 0.3 is 0 Å². The molecule has 0 saturated heterocycles. The van der Waals surface area contributed by atoms with Gasteiger partial charge in [0.1, 0.15) is 11.8 Å². The van der Waals surface area contributed by atoms with Crippen molar-refractivity contribution < 1.29 is 14.3 Å². The minimum absolute atomic E-state index is 0.213. The highest BCUT2D eigenvalue weighted by atomic mass is 16.5. The van der Waals surface area contributed by atoms with Crippen molar-refractivity contribution in [1.82, 2.24) is 10.6 Å². The summed E-state index contributed by atoms with van der Waals surface area (Å²) in [5, 5.41) is 5.35. The highest BCUT2D eigenvalue weighted by Crippen LogP contribution is 2.21. The molecular weight excluding hydrogens is 258 g/mol. The van der Waals surface area contributed by atoms with E-state index in [1.807, 2.05) is 6.92 Å². The molecule has 6 heteroatoms. The minimum Gasteiger partial charge on any atom is -0.496 e. The molecule has 1 rings (SSSR count). The van der Waals surface area contributed by atoms with Crippen molar-refractivity contribution in [2.24, 2.45) is 0 Å². The molecule has 2 amide bonds. The van der Waals surface area contributed by atoms with Gasteiger partial charge in [0.25, 0.3) is 5.91 Å². The van der Waals surface area contributed by atoms with Crippen LogP contribution in [0.4, 0.5) is 5.69 Å². The lowest BCUT2D eigenvalue weighted by Crippen LogP contribution is -2.45. The van der Waals surface area contributed by atoms with Crippen molar-refractivity contribution in [1.29, 1.82) is 0 Å². The predicted octanol–water partition coefficient (Wildman–Crippen LogP) is 0.922. The number of amides is 2. The number of hydrogen-bond acceptors (Lipinski definition) is 4. The predicted molar refractivity (Wildman–Crippen MR) is 77.6 cm³/mol. The molecule has 0 aliphatic carbocycles. The zero-order valence-corrected chi connectivity index (χ0v) is 12.0. The van der Waals surface area contributed by atoms with E-state index in [0.717, 1.165) is 6.42 Å². The lowest BCUT2D eigenvalue weighted by molar-refractivity contribution is -0.122. The number of nitrogen functional groups attached to an aromatic ring is 1. The van der Waals surface area contributed by atoms with Gasteiger partial charge < -0.3 is 21.1 Å². The summed E-state index contributed by atoms with van der Waals surface area (Å²) in [5.41, 5.74) is 6.48. The molecule has 0 spiro atoms. The summed E-state index contributed by atoms with van der Waals surface area (Å²) >= 11 is 0. The van der Waals surface area contributed by atoms with Gasteiger partial charge in [-0.15, -0.1) is 0 Å². The first-order chi connectivity index (χ1) is 9.49. The molecule has 1 aromatic carbocycles. The molecule has 0 aliphatic heterocycles. The van der Waals surface area contributed by atoms with Crippen molar-refractivity contribution >= 4 is 17.5 Å². The lowest BCUT2D eigenvalue weighted by Gasteiger charge is -2.15. The van der Waals surface area contributed by atoms with E-state index in [1.165, 1.54) is 7.11 Å². The Hall–Kier alpha value is -2.24. The summed E-state index contributed by atoms with van der Waals surface area (Å²) < 4.78 is 5.11. The topological polar surface area (TPSA) is 93.5 Å². The second kappa shape index (κ2) is 7.37. The summed E-state index contributed by atoms with van der Waals surface area (Å²) in [6.45, 7) is 4.18. The zero-order valence-electron chi connectivity index (χ0n) is 12.0. The van der Waals surface area contributed by atoms with Crippen LogP contribution in [0, 0.1) is 0 Å². The molecule has 0 radical (unpaired) electrons. The Bertz CT molecular complexity index is 489. The Morgan fingerprint density at radius 2 is 2.10 bits per heavy atom. The average Bonchev–Trinajstić information content (AvgIpc) is 2.44. The maximum atomic E-state index is 12.1. The maximum absolute atomic E-state index is 12.1. The van der Waals surface area contributed by atoms with Gasteiger partial charge in [0.2, 0.25) is 5.91 Å². The van der Waals surface area contributed by atoms with Gasteiger partial charge in [0, 0.05) is 18.3 Å². The molecule has 0 saturated carbocycles. The molecule has 0 bridgehead atoms. The molecule has 0 aliphatic rings. The highest BCUT2D eigenvalue weighted by molar-refractivity contribution is 5.99. The number of methoxy groups -OCH3 is 1. The minimum atomic E-state index is -0.615. The lowest BCUT2D eigenvalue weighted by atomic mass is 10.1. The van der Waals surface area contributed by atoms with E-state index in [9.17, 15) is 9.59 Å². The van der Waals surface area contributed by atoms with Crippen LogP contribution in [0.5, 0.6) is 5.75 Å². The Morgan fingerprint density at radius 1 is 1.40 bits per heavy atom. The Labute approximate surface area is 118 Å². The van der Waals surface area contributed by atoms with Gasteiger partial charge in [-0.3, -0.25) is 9.59 Å². The Kier molecular flexibility index (Phi) is 5.83. The van der Waals surface area contributed by atoms with Crippen LogP contribution in [0.1, 0.15) is 30.6 Å². The van der Waals surface area contributed by atoms with Crippen LogP contribution in [0.15, 0.2) is 18.2 Å². The Balaban J connectivity index is 2.73. The van der Waals surface area contributed by atoms with Crippen LogP contribution in [0.2, 0.25) is 0 Å². The van der Waals surface area contributed by atoms with Crippen molar-refractivity contribution in [2.75, 3.05) is 19.4 Å². The third-order valence-electron chi connectivity index (χ3n) is 2.76. The van der Waals surface area contributed by atoms with E-state index in [1.54, 1.807) is 25.1 Å². The fourth-order valence-electron chi connectivity index (χ4n) is 1.64. The monoisotopic (exact) mass is 279 g/mol. The molecule has 1 atom stereocenters. The van der Waals surface area contributed by atoms with Gasteiger partial charge in [-0.25, -0.2) is 0 Å². The normalized spacial score (nSPS) is 11.6. The molecule has 110 valence electrons. The summed E-state index contributed by atoms with van der Waals surface area (Å²) in [5.74, 6) is -0.209. The van der Waals surface area contributed by atoms with E-state index in [2.05, 4.69) is 10.6 Å². The SMILES string of the molecule is CCCNC(=O)C(C)NC(=O)c1ccc(N)cc1OC. The van der Waals surface area contributed by atoms with Crippen LogP contribution in [0.3, 0.4) is 0 Å². The van der Waals surface area contributed by atoms with E-state index in [-0.39, 0.29) is 11.8 Å². The highest BCUT2D eigenvalue weighted by Gasteiger charge is 2.18. The van der Waals surface area contributed by atoms with Crippen molar-refractivity contribution in [3.8, 4) is 5.75 Å². The standard InChI is InChI=1S/C14H21N3O3/c1-4-7-16-13(18)9(2)17-14(19)11-6-5-10(15)8-12(11)20-3/h5-6,8-9H,4,7,15H2,1-3H3,(H,16,18)(H,17,19). The van der Waals surface area contributed by atoms with Gasteiger partial charge in [0.15, 0.2) is 0 Å². The summed E-state index contributed by atoms with van der Waals surface area (Å²) in [6, 6.07) is 4.13. The van der Waals surface area contributed by atoms with Crippen LogP contribution < -0.4 is 21.1 Å². The largest absolute Gasteiger partial charge is 0.496 e. The number of rotatable bonds is 6. The summed E-state index contributed by atoms with van der Waals surface area (Å²) in [7, 11) is 1.46. The first kappa shape index (κ1) is 15.8. The van der Waals surface area contributed by atoms with Gasteiger partial charge in [0.05, 0.1) is 12.7 Å². The van der Waals surface area contributed by atoms with E-state index in [0.29, 0.717) is 23.5 Å². The second-order valence-corrected chi connectivity index (χ2v) is 4.45. The summed E-state index contributed by atoms with van der Waals surface area (Å²) in [6.07, 6.45) is 0.845. The molecule has 4 N–H and O–H groups in total. The van der Waals surface area contributed by atoms with Crippen molar-refractivity contribution in [3.05, 3.63) is 23.8 Å². The average molecular weight is 279 g/mol.